The lowest BCUT2D eigenvalue weighted by Gasteiger charge is -2.27. The Morgan fingerprint density at radius 2 is 2.14 bits per heavy atom. The smallest absolute Gasteiger partial charge is 0.248 e. The molecule has 0 aliphatic carbocycles. The number of nitrogens with two attached hydrogens (primary N) is 1. The van der Waals surface area contributed by atoms with Crippen molar-refractivity contribution in [2.45, 2.75) is 19.6 Å². The summed E-state index contributed by atoms with van der Waals surface area (Å²) in [5.74, 6) is 0.170. The molecule has 114 valence electrons. The van der Waals surface area contributed by atoms with E-state index in [0.717, 1.165) is 5.56 Å². The maximum absolute atomic E-state index is 11.9. The zero-order chi connectivity index (χ0) is 15.9. The Balaban J connectivity index is 2.19. The minimum atomic E-state index is -0.545. The molecule has 8 heteroatoms. The Morgan fingerprint density at radius 1 is 1.45 bits per heavy atom. The third-order valence-corrected chi connectivity index (χ3v) is 3.74. The van der Waals surface area contributed by atoms with E-state index in [1.165, 1.54) is 0 Å². The number of rotatable bonds is 3. The van der Waals surface area contributed by atoms with Gasteiger partial charge in [-0.3, -0.25) is 4.79 Å². The highest BCUT2D eigenvalue weighted by molar-refractivity contribution is 6.30. The number of nitrogens with one attached hydrogen (secondary N) is 1. The minimum Gasteiger partial charge on any atom is -0.388 e. The van der Waals surface area contributed by atoms with Crippen LogP contribution in [0.4, 0.5) is 5.95 Å². The molecule has 3 rings (SSSR count). The van der Waals surface area contributed by atoms with Gasteiger partial charge in [-0.25, -0.2) is 4.68 Å². The van der Waals surface area contributed by atoms with Gasteiger partial charge in [-0.15, -0.1) is 0 Å². The third kappa shape index (κ3) is 2.34. The molecule has 4 N–H and O–H groups in total. The number of halogens is 1. The number of carbonyl (C=O) groups excluding carboxylic acids is 1. The van der Waals surface area contributed by atoms with Crippen LogP contribution in [-0.2, 0) is 11.4 Å². The standard InChI is InChI=1S/C14H14ClN5O2/c1-7-11(13(16)22)12(8-2-4-9(15)5-3-8)20-14(17-7)18-10(6-21)19-20/h2-5,12,21H,6H2,1H3,(H2,16,22)(H,17,18,19)/t12-/m1/s1. The molecule has 0 spiro atoms. The Kier molecular flexibility index (Phi) is 3.59. The average Bonchev–Trinajstić information content (AvgIpc) is 2.89. The van der Waals surface area contributed by atoms with Gasteiger partial charge in [0.2, 0.25) is 11.9 Å². The molecule has 1 aliphatic rings. The molecule has 2 aromatic rings. The Labute approximate surface area is 131 Å². The zero-order valence-electron chi connectivity index (χ0n) is 11.7. The molecule has 1 aromatic carbocycles. The van der Waals surface area contributed by atoms with Crippen molar-refractivity contribution in [2.24, 2.45) is 5.73 Å². The fraction of sp³-hybridized carbons (Fsp3) is 0.214. The van der Waals surface area contributed by atoms with E-state index in [-0.39, 0.29) is 12.4 Å². The minimum absolute atomic E-state index is 0.264. The molecular weight excluding hydrogens is 306 g/mol. The molecule has 0 saturated heterocycles. The maximum atomic E-state index is 11.9. The first-order valence-corrected chi connectivity index (χ1v) is 6.98. The fourth-order valence-electron chi connectivity index (χ4n) is 2.53. The number of aliphatic hydroxyl groups is 1. The van der Waals surface area contributed by atoms with Gasteiger partial charge in [0.15, 0.2) is 5.82 Å². The van der Waals surface area contributed by atoms with Gasteiger partial charge in [-0.1, -0.05) is 23.7 Å². The van der Waals surface area contributed by atoms with E-state index in [1.807, 2.05) is 0 Å². The number of allylic oxidation sites excluding steroid dienone is 1. The number of fused-ring (bicyclic) bond motifs is 1. The fourth-order valence-corrected chi connectivity index (χ4v) is 2.66. The molecule has 0 fully saturated rings. The monoisotopic (exact) mass is 319 g/mol. The highest BCUT2D eigenvalue weighted by atomic mass is 35.5. The van der Waals surface area contributed by atoms with Gasteiger partial charge in [0.1, 0.15) is 12.6 Å². The number of carbonyl (C=O) groups is 1. The Bertz CT molecular complexity index is 766. The number of amides is 1. The van der Waals surface area contributed by atoms with E-state index in [2.05, 4.69) is 15.4 Å². The molecule has 1 amide bonds. The molecule has 1 aromatic heterocycles. The van der Waals surface area contributed by atoms with Crippen molar-refractivity contribution in [2.75, 3.05) is 5.32 Å². The van der Waals surface area contributed by atoms with Gasteiger partial charge in [0.25, 0.3) is 0 Å². The lowest BCUT2D eigenvalue weighted by Crippen LogP contribution is -2.31. The number of aliphatic hydroxyl groups excluding tert-OH is 1. The lowest BCUT2D eigenvalue weighted by molar-refractivity contribution is -0.115. The quantitative estimate of drug-likeness (QED) is 0.788. The van der Waals surface area contributed by atoms with Crippen molar-refractivity contribution in [1.29, 1.82) is 0 Å². The topological polar surface area (TPSA) is 106 Å². The van der Waals surface area contributed by atoms with Crippen LogP contribution < -0.4 is 11.1 Å². The van der Waals surface area contributed by atoms with Gasteiger partial charge in [0, 0.05) is 10.7 Å². The van der Waals surface area contributed by atoms with Crippen LogP contribution in [0.1, 0.15) is 24.4 Å². The highest BCUT2D eigenvalue weighted by Crippen LogP contribution is 2.35. The Hall–Kier alpha value is -2.38. The van der Waals surface area contributed by atoms with Crippen LogP contribution in [-0.4, -0.2) is 25.8 Å². The summed E-state index contributed by atoms with van der Waals surface area (Å²) in [6, 6.07) is 6.56. The number of aromatic nitrogens is 3. The maximum Gasteiger partial charge on any atom is 0.248 e. The first-order valence-electron chi connectivity index (χ1n) is 6.60. The van der Waals surface area contributed by atoms with Gasteiger partial charge in [-0.2, -0.15) is 10.1 Å². The number of anilines is 1. The summed E-state index contributed by atoms with van der Waals surface area (Å²) in [6.07, 6.45) is 0. The molecular formula is C14H14ClN5O2. The number of hydrogen-bond acceptors (Lipinski definition) is 5. The SMILES string of the molecule is CC1=C(C(N)=O)[C@@H](c2ccc(Cl)cc2)n2nc(CO)nc2N1. The highest BCUT2D eigenvalue weighted by Gasteiger charge is 2.33. The van der Waals surface area contributed by atoms with Crippen LogP contribution >= 0.6 is 11.6 Å². The van der Waals surface area contributed by atoms with Gasteiger partial charge in [-0.05, 0) is 24.6 Å². The van der Waals surface area contributed by atoms with Gasteiger partial charge < -0.3 is 16.2 Å². The lowest BCUT2D eigenvalue weighted by atomic mass is 9.95. The number of primary amides is 1. The molecule has 22 heavy (non-hydrogen) atoms. The number of nitrogens with zero attached hydrogens (tertiary/aromatic N) is 3. The second kappa shape index (κ2) is 5.43. The van der Waals surface area contributed by atoms with Crippen LogP contribution in [0, 0.1) is 0 Å². The van der Waals surface area contributed by atoms with Crippen molar-refractivity contribution < 1.29 is 9.90 Å². The van der Waals surface area contributed by atoms with Crippen LogP contribution in [0.15, 0.2) is 35.5 Å². The Morgan fingerprint density at radius 3 is 2.73 bits per heavy atom. The van der Waals surface area contributed by atoms with Crippen molar-refractivity contribution in [1.82, 2.24) is 14.8 Å². The van der Waals surface area contributed by atoms with Gasteiger partial charge in [0.05, 0.1) is 5.57 Å². The van der Waals surface area contributed by atoms with E-state index in [1.54, 1.807) is 35.9 Å². The predicted octanol–water partition coefficient (Wildman–Crippen LogP) is 1.20. The van der Waals surface area contributed by atoms with Crippen LogP contribution in [0.25, 0.3) is 0 Å². The van der Waals surface area contributed by atoms with E-state index in [0.29, 0.717) is 22.2 Å². The molecule has 0 radical (unpaired) electrons. The molecule has 1 aliphatic heterocycles. The van der Waals surface area contributed by atoms with E-state index in [4.69, 9.17) is 17.3 Å². The average molecular weight is 320 g/mol. The summed E-state index contributed by atoms with van der Waals surface area (Å²) < 4.78 is 1.54. The summed E-state index contributed by atoms with van der Waals surface area (Å²) in [5.41, 5.74) is 7.34. The van der Waals surface area contributed by atoms with Gasteiger partial charge >= 0.3 is 0 Å². The summed E-state index contributed by atoms with van der Waals surface area (Å²) in [7, 11) is 0. The number of benzene rings is 1. The van der Waals surface area contributed by atoms with Crippen molar-refractivity contribution in [3.05, 3.63) is 51.9 Å². The van der Waals surface area contributed by atoms with Crippen LogP contribution in [0.2, 0.25) is 5.02 Å². The van der Waals surface area contributed by atoms with Crippen molar-refractivity contribution in [3.63, 3.8) is 0 Å². The van der Waals surface area contributed by atoms with E-state index < -0.39 is 11.9 Å². The zero-order valence-corrected chi connectivity index (χ0v) is 12.5. The molecule has 0 saturated carbocycles. The summed E-state index contributed by atoms with van der Waals surface area (Å²) >= 11 is 5.92. The van der Waals surface area contributed by atoms with Crippen molar-refractivity contribution >= 4 is 23.5 Å². The first-order chi connectivity index (χ1) is 10.5. The summed E-state index contributed by atoms with van der Waals surface area (Å²) in [5, 5.41) is 17.0. The summed E-state index contributed by atoms with van der Waals surface area (Å²) in [6.45, 7) is 1.46. The third-order valence-electron chi connectivity index (χ3n) is 3.49. The summed E-state index contributed by atoms with van der Waals surface area (Å²) in [4.78, 5) is 16.1. The number of hydrogen-bond donors (Lipinski definition) is 3. The second-order valence-corrected chi connectivity index (χ2v) is 5.37. The first kappa shape index (κ1) is 14.6. The molecule has 2 heterocycles. The normalized spacial score (nSPS) is 17.1. The van der Waals surface area contributed by atoms with E-state index in [9.17, 15) is 9.90 Å². The molecule has 7 nitrogen and oxygen atoms in total. The van der Waals surface area contributed by atoms with Crippen molar-refractivity contribution in [3.8, 4) is 0 Å². The second-order valence-electron chi connectivity index (χ2n) is 4.94. The molecule has 0 bridgehead atoms. The van der Waals surface area contributed by atoms with E-state index >= 15 is 0 Å². The van der Waals surface area contributed by atoms with Crippen LogP contribution in [0.5, 0.6) is 0 Å². The molecule has 1 atom stereocenters. The van der Waals surface area contributed by atoms with Crippen LogP contribution in [0.3, 0.4) is 0 Å². The largest absolute Gasteiger partial charge is 0.388 e. The predicted molar refractivity (Wildman–Crippen MR) is 81.1 cm³/mol. The molecule has 0 unspecified atom stereocenters.